The fourth-order valence-electron chi connectivity index (χ4n) is 3.29. The van der Waals surface area contributed by atoms with E-state index >= 15 is 0 Å². The number of piperazine rings is 1. The number of halogens is 1. The molecule has 25 heavy (non-hydrogen) atoms. The Morgan fingerprint density at radius 3 is 2.20 bits per heavy atom. The molecule has 2 aromatic carbocycles. The molecule has 3 rings (SSSR count). The van der Waals surface area contributed by atoms with E-state index in [2.05, 4.69) is 35.6 Å². The van der Waals surface area contributed by atoms with Gasteiger partial charge in [-0.1, -0.05) is 54.1 Å². The molecule has 1 heterocycles. The Morgan fingerprint density at radius 1 is 0.880 bits per heavy atom. The van der Waals surface area contributed by atoms with E-state index in [1.54, 1.807) is 4.90 Å². The molecule has 0 atom stereocenters. The largest absolute Gasteiger partial charge is 0.347 e. The monoisotopic (exact) mass is 359 g/mol. The second-order valence-electron chi connectivity index (χ2n) is 6.74. The van der Waals surface area contributed by atoms with Crippen LogP contribution < -0.4 is 15.1 Å². The Balaban J connectivity index is 1.36. The second-order valence-corrected chi connectivity index (χ2v) is 7.18. The lowest BCUT2D eigenvalue weighted by molar-refractivity contribution is -1.02. The summed E-state index contributed by atoms with van der Waals surface area (Å²) in [7, 11) is 0. The van der Waals surface area contributed by atoms with Gasteiger partial charge < -0.3 is 15.1 Å². The number of quaternary nitrogens is 2. The van der Waals surface area contributed by atoms with Gasteiger partial charge in [0.2, 0.25) is 0 Å². The quantitative estimate of drug-likeness (QED) is 0.664. The molecule has 3 N–H and O–H groups in total. The van der Waals surface area contributed by atoms with E-state index in [-0.39, 0.29) is 5.91 Å². The van der Waals surface area contributed by atoms with E-state index in [9.17, 15) is 4.79 Å². The highest BCUT2D eigenvalue weighted by Gasteiger charge is 2.24. The zero-order valence-corrected chi connectivity index (χ0v) is 15.2. The summed E-state index contributed by atoms with van der Waals surface area (Å²) in [5, 5.41) is 3.73. The van der Waals surface area contributed by atoms with E-state index in [0.29, 0.717) is 13.1 Å². The summed E-state index contributed by atoms with van der Waals surface area (Å²) in [6.45, 7) is 6.55. The SMILES string of the molecule is O=C(C[NH+]1CC[NH+](Cc2ccccc2)CC1)NCc1ccc(Cl)cc1. The predicted octanol–water partition coefficient (Wildman–Crippen LogP) is -0.0602. The molecular formula is C20H26ClN3O+2. The summed E-state index contributed by atoms with van der Waals surface area (Å²) >= 11 is 5.87. The smallest absolute Gasteiger partial charge is 0.275 e. The maximum atomic E-state index is 12.2. The van der Waals surface area contributed by atoms with Gasteiger partial charge in [-0.05, 0) is 17.7 Å². The van der Waals surface area contributed by atoms with Crippen LogP contribution in [-0.2, 0) is 17.9 Å². The van der Waals surface area contributed by atoms with Crippen molar-refractivity contribution in [2.45, 2.75) is 13.1 Å². The number of amides is 1. The Labute approximate surface area is 154 Å². The third kappa shape index (κ3) is 5.85. The molecule has 0 aliphatic carbocycles. The summed E-state index contributed by atoms with van der Waals surface area (Å²) in [4.78, 5) is 15.1. The third-order valence-corrected chi connectivity index (χ3v) is 5.03. The highest BCUT2D eigenvalue weighted by molar-refractivity contribution is 6.30. The first-order valence-corrected chi connectivity index (χ1v) is 9.29. The van der Waals surface area contributed by atoms with Gasteiger partial charge in [-0.15, -0.1) is 0 Å². The number of nitrogens with one attached hydrogen (secondary N) is 3. The first-order chi connectivity index (χ1) is 12.2. The van der Waals surface area contributed by atoms with Gasteiger partial charge in [0, 0.05) is 17.1 Å². The van der Waals surface area contributed by atoms with Crippen molar-refractivity contribution in [3.05, 3.63) is 70.7 Å². The van der Waals surface area contributed by atoms with Crippen molar-refractivity contribution in [1.29, 1.82) is 0 Å². The minimum Gasteiger partial charge on any atom is -0.347 e. The maximum Gasteiger partial charge on any atom is 0.275 e. The van der Waals surface area contributed by atoms with Crippen LogP contribution in [0, 0.1) is 0 Å². The van der Waals surface area contributed by atoms with Crippen molar-refractivity contribution in [3.8, 4) is 0 Å². The molecule has 132 valence electrons. The lowest BCUT2D eigenvalue weighted by Gasteiger charge is -2.29. The summed E-state index contributed by atoms with van der Waals surface area (Å²) in [6.07, 6.45) is 0. The van der Waals surface area contributed by atoms with Gasteiger partial charge >= 0.3 is 0 Å². The van der Waals surface area contributed by atoms with Crippen LogP contribution in [0.5, 0.6) is 0 Å². The zero-order valence-electron chi connectivity index (χ0n) is 14.4. The lowest BCUT2D eigenvalue weighted by atomic mass is 10.2. The molecule has 1 aliphatic rings. The lowest BCUT2D eigenvalue weighted by Crippen LogP contribution is -3.28. The average molecular weight is 360 g/mol. The topological polar surface area (TPSA) is 38.0 Å². The van der Waals surface area contributed by atoms with Crippen LogP contribution in [0.4, 0.5) is 0 Å². The predicted molar refractivity (Wildman–Crippen MR) is 99.7 cm³/mol. The van der Waals surface area contributed by atoms with Crippen molar-refractivity contribution >= 4 is 17.5 Å². The van der Waals surface area contributed by atoms with Gasteiger partial charge in [-0.25, -0.2) is 0 Å². The van der Waals surface area contributed by atoms with E-state index in [1.807, 2.05) is 24.3 Å². The Hall–Kier alpha value is -1.88. The third-order valence-electron chi connectivity index (χ3n) is 4.77. The van der Waals surface area contributed by atoms with E-state index in [1.165, 1.54) is 10.5 Å². The molecule has 0 radical (unpaired) electrons. The first kappa shape index (κ1) is 17.9. The Kier molecular flexibility index (Phi) is 6.45. The maximum absolute atomic E-state index is 12.2. The summed E-state index contributed by atoms with van der Waals surface area (Å²) in [5.41, 5.74) is 2.46. The van der Waals surface area contributed by atoms with Gasteiger partial charge in [0.25, 0.3) is 5.91 Å². The molecule has 0 saturated carbocycles. The number of hydrogen-bond acceptors (Lipinski definition) is 1. The van der Waals surface area contributed by atoms with Gasteiger partial charge in [-0.2, -0.15) is 0 Å². The van der Waals surface area contributed by atoms with Crippen molar-refractivity contribution < 1.29 is 14.6 Å². The van der Waals surface area contributed by atoms with Crippen molar-refractivity contribution in [2.75, 3.05) is 32.7 Å². The number of hydrogen-bond donors (Lipinski definition) is 3. The van der Waals surface area contributed by atoms with E-state index < -0.39 is 0 Å². The minimum absolute atomic E-state index is 0.122. The molecule has 1 aliphatic heterocycles. The highest BCUT2D eigenvalue weighted by Crippen LogP contribution is 2.08. The van der Waals surface area contributed by atoms with Crippen molar-refractivity contribution in [1.82, 2.24) is 5.32 Å². The molecule has 2 aromatic rings. The van der Waals surface area contributed by atoms with Crippen LogP contribution in [0.25, 0.3) is 0 Å². The van der Waals surface area contributed by atoms with Gasteiger partial charge in [0.05, 0.1) is 0 Å². The van der Waals surface area contributed by atoms with Crippen molar-refractivity contribution in [2.24, 2.45) is 0 Å². The normalized spacial score (nSPS) is 20.2. The number of rotatable bonds is 6. The van der Waals surface area contributed by atoms with Crippen LogP contribution in [0.1, 0.15) is 11.1 Å². The zero-order chi connectivity index (χ0) is 17.5. The van der Waals surface area contributed by atoms with Crippen LogP contribution in [0.2, 0.25) is 5.02 Å². The highest BCUT2D eigenvalue weighted by atomic mass is 35.5. The van der Waals surface area contributed by atoms with Crippen molar-refractivity contribution in [3.63, 3.8) is 0 Å². The molecule has 1 fully saturated rings. The van der Waals surface area contributed by atoms with Crippen LogP contribution in [0.3, 0.4) is 0 Å². The van der Waals surface area contributed by atoms with E-state index in [0.717, 1.165) is 43.3 Å². The molecule has 4 nitrogen and oxygen atoms in total. The molecule has 0 spiro atoms. The minimum atomic E-state index is 0.122. The van der Waals surface area contributed by atoms with Crippen LogP contribution >= 0.6 is 11.6 Å². The van der Waals surface area contributed by atoms with Crippen LogP contribution in [-0.4, -0.2) is 38.6 Å². The Morgan fingerprint density at radius 2 is 1.52 bits per heavy atom. The van der Waals surface area contributed by atoms with Gasteiger partial charge in [0.15, 0.2) is 6.54 Å². The first-order valence-electron chi connectivity index (χ1n) is 8.91. The van der Waals surface area contributed by atoms with E-state index in [4.69, 9.17) is 11.6 Å². The molecule has 5 heteroatoms. The number of carbonyl (C=O) groups is 1. The second kappa shape index (κ2) is 8.99. The average Bonchev–Trinajstić information content (AvgIpc) is 2.64. The molecule has 0 unspecified atom stereocenters. The standard InChI is InChI=1S/C20H24ClN3O/c21-19-8-6-17(7-9-19)14-22-20(25)16-24-12-10-23(11-13-24)15-18-4-2-1-3-5-18/h1-9H,10-16H2,(H,22,25)/p+2. The van der Waals surface area contributed by atoms with Crippen LogP contribution in [0.15, 0.2) is 54.6 Å². The summed E-state index contributed by atoms with van der Waals surface area (Å²) in [6, 6.07) is 18.2. The summed E-state index contributed by atoms with van der Waals surface area (Å²) in [5.74, 6) is 0.122. The summed E-state index contributed by atoms with van der Waals surface area (Å²) < 4.78 is 0. The fourth-order valence-corrected chi connectivity index (χ4v) is 3.41. The Bertz CT molecular complexity index is 667. The molecule has 0 aromatic heterocycles. The van der Waals surface area contributed by atoms with Gasteiger partial charge in [-0.3, -0.25) is 4.79 Å². The molecule has 1 amide bonds. The van der Waals surface area contributed by atoms with Gasteiger partial charge in [0.1, 0.15) is 32.7 Å². The number of carbonyl (C=O) groups excluding carboxylic acids is 1. The molecule has 1 saturated heterocycles. The fraction of sp³-hybridized carbons (Fsp3) is 0.350. The molecule has 0 bridgehead atoms. The molecular weight excluding hydrogens is 334 g/mol. The number of benzene rings is 2.